The van der Waals surface area contributed by atoms with Gasteiger partial charge in [-0.05, 0) is 38.0 Å². The van der Waals surface area contributed by atoms with Crippen molar-refractivity contribution >= 4 is 29.1 Å². The third kappa shape index (κ3) is 4.66. The van der Waals surface area contributed by atoms with Gasteiger partial charge in [-0.15, -0.1) is 0 Å². The van der Waals surface area contributed by atoms with Gasteiger partial charge in [0.25, 0.3) is 5.91 Å². The molecule has 2 atom stereocenters. The van der Waals surface area contributed by atoms with Gasteiger partial charge in [0.1, 0.15) is 6.10 Å². The fraction of sp³-hybridized carbons (Fsp3) is 0.550. The Morgan fingerprint density at radius 3 is 2.52 bits per heavy atom. The molecule has 2 N–H and O–H groups in total. The molecule has 1 heterocycles. The van der Waals surface area contributed by atoms with Crippen LogP contribution in [0.3, 0.4) is 0 Å². The molecule has 1 aromatic rings. The van der Waals surface area contributed by atoms with Crippen molar-refractivity contribution in [2.24, 2.45) is 5.92 Å². The second kappa shape index (κ2) is 8.52. The third-order valence-electron chi connectivity index (χ3n) is 5.42. The van der Waals surface area contributed by atoms with Crippen molar-refractivity contribution in [3.8, 4) is 0 Å². The van der Waals surface area contributed by atoms with Crippen LogP contribution < -0.4 is 10.6 Å². The lowest BCUT2D eigenvalue weighted by atomic mass is 10.1. The predicted molar refractivity (Wildman–Crippen MR) is 102 cm³/mol. The second-order valence-electron chi connectivity index (χ2n) is 7.32. The van der Waals surface area contributed by atoms with Crippen molar-refractivity contribution in [2.75, 3.05) is 24.3 Å². The van der Waals surface area contributed by atoms with Crippen molar-refractivity contribution in [1.82, 2.24) is 4.90 Å². The van der Waals surface area contributed by atoms with Gasteiger partial charge in [-0.2, -0.15) is 0 Å². The van der Waals surface area contributed by atoms with E-state index < -0.39 is 6.10 Å². The summed E-state index contributed by atoms with van der Waals surface area (Å²) in [5, 5.41) is 5.62. The number of nitrogens with one attached hydrogen (secondary N) is 2. The lowest BCUT2D eigenvalue weighted by Gasteiger charge is -2.23. The maximum atomic E-state index is 12.6. The van der Waals surface area contributed by atoms with E-state index in [4.69, 9.17) is 4.74 Å². The molecule has 1 saturated carbocycles. The van der Waals surface area contributed by atoms with Crippen LogP contribution in [0.2, 0.25) is 0 Å². The van der Waals surface area contributed by atoms with Crippen LogP contribution in [0.5, 0.6) is 0 Å². The van der Waals surface area contributed by atoms with Gasteiger partial charge in [0.05, 0.1) is 5.92 Å². The number of hydrogen-bond acceptors (Lipinski definition) is 4. The highest BCUT2D eigenvalue weighted by Crippen LogP contribution is 2.30. The fourth-order valence-electron chi connectivity index (χ4n) is 3.75. The van der Waals surface area contributed by atoms with Crippen LogP contribution in [0.15, 0.2) is 24.3 Å². The summed E-state index contributed by atoms with van der Waals surface area (Å²) in [6.07, 6.45) is 4.11. The zero-order valence-electron chi connectivity index (χ0n) is 15.9. The Morgan fingerprint density at radius 1 is 1.19 bits per heavy atom. The summed E-state index contributed by atoms with van der Waals surface area (Å²) >= 11 is 0. The molecule has 1 aromatic carbocycles. The number of carbonyl (C=O) groups excluding carboxylic acids is 3. The minimum absolute atomic E-state index is 0.0802. The van der Waals surface area contributed by atoms with Crippen LogP contribution in [-0.4, -0.2) is 48.4 Å². The van der Waals surface area contributed by atoms with E-state index in [1.165, 1.54) is 7.11 Å². The molecule has 0 spiro atoms. The standard InChI is InChI=1S/C20H27N3O4/c1-13(27-2)19(25)21-15-6-5-7-16(11-15)22-20(26)14-10-18(24)23(12-14)17-8-3-4-9-17/h5-7,11,13-14,17H,3-4,8-10,12H2,1-2H3,(H,21,25)(H,22,26)/t13-,14+/m0/s1. The molecule has 7 nitrogen and oxygen atoms in total. The van der Waals surface area contributed by atoms with Gasteiger partial charge < -0.3 is 20.3 Å². The van der Waals surface area contributed by atoms with Crippen molar-refractivity contribution < 1.29 is 19.1 Å². The molecule has 7 heteroatoms. The van der Waals surface area contributed by atoms with Gasteiger partial charge in [0.2, 0.25) is 11.8 Å². The minimum Gasteiger partial charge on any atom is -0.372 e. The van der Waals surface area contributed by atoms with Crippen molar-refractivity contribution in [1.29, 1.82) is 0 Å². The van der Waals surface area contributed by atoms with E-state index in [0.717, 1.165) is 25.7 Å². The van der Waals surface area contributed by atoms with Gasteiger partial charge in [-0.1, -0.05) is 18.9 Å². The smallest absolute Gasteiger partial charge is 0.253 e. The van der Waals surface area contributed by atoms with Crippen molar-refractivity contribution in [2.45, 2.75) is 51.2 Å². The average molecular weight is 373 g/mol. The number of anilines is 2. The van der Waals surface area contributed by atoms with E-state index in [9.17, 15) is 14.4 Å². The lowest BCUT2D eigenvalue weighted by molar-refractivity contribution is -0.130. The van der Waals surface area contributed by atoms with E-state index in [-0.39, 0.29) is 30.1 Å². The lowest BCUT2D eigenvalue weighted by Crippen LogP contribution is -2.35. The number of amides is 3. The molecule has 27 heavy (non-hydrogen) atoms. The maximum absolute atomic E-state index is 12.6. The maximum Gasteiger partial charge on any atom is 0.253 e. The Balaban J connectivity index is 1.58. The number of carbonyl (C=O) groups is 3. The average Bonchev–Trinajstić information content (AvgIpc) is 3.30. The number of methoxy groups -OCH3 is 1. The molecule has 0 unspecified atom stereocenters. The Hall–Kier alpha value is -2.41. The molecule has 2 aliphatic rings. The topological polar surface area (TPSA) is 87.7 Å². The SMILES string of the molecule is CO[C@@H](C)C(=O)Nc1cccc(NC(=O)[C@@H]2CC(=O)N(C3CCCC3)C2)c1. The highest BCUT2D eigenvalue weighted by Gasteiger charge is 2.38. The van der Waals surface area contributed by atoms with E-state index in [2.05, 4.69) is 10.6 Å². The van der Waals surface area contributed by atoms with Crippen LogP contribution in [0.1, 0.15) is 39.0 Å². The molecule has 3 rings (SSSR count). The first-order valence-electron chi connectivity index (χ1n) is 9.52. The highest BCUT2D eigenvalue weighted by atomic mass is 16.5. The number of nitrogens with zero attached hydrogens (tertiary/aromatic N) is 1. The van der Waals surface area contributed by atoms with E-state index >= 15 is 0 Å². The quantitative estimate of drug-likeness (QED) is 0.801. The van der Waals surface area contributed by atoms with Crippen molar-refractivity contribution in [3.63, 3.8) is 0 Å². The zero-order chi connectivity index (χ0) is 19.4. The summed E-state index contributed by atoms with van der Waals surface area (Å²) in [5.41, 5.74) is 1.17. The van der Waals surface area contributed by atoms with Crippen LogP contribution in [0.25, 0.3) is 0 Å². The second-order valence-corrected chi connectivity index (χ2v) is 7.32. The van der Waals surface area contributed by atoms with Gasteiger partial charge >= 0.3 is 0 Å². The number of hydrogen-bond donors (Lipinski definition) is 2. The monoisotopic (exact) mass is 373 g/mol. The Bertz CT molecular complexity index is 715. The van der Waals surface area contributed by atoms with Crippen molar-refractivity contribution in [3.05, 3.63) is 24.3 Å². The Labute approximate surface area is 159 Å². The molecular weight excluding hydrogens is 346 g/mol. The molecule has 1 saturated heterocycles. The van der Waals surface area contributed by atoms with Crippen LogP contribution in [0, 0.1) is 5.92 Å². The van der Waals surface area contributed by atoms with Gasteiger partial charge in [-0.3, -0.25) is 14.4 Å². The molecule has 0 radical (unpaired) electrons. The van der Waals surface area contributed by atoms with Crippen LogP contribution >= 0.6 is 0 Å². The number of benzene rings is 1. The first kappa shape index (κ1) is 19.4. The van der Waals surface area contributed by atoms with E-state index in [1.807, 2.05) is 4.90 Å². The van der Waals surface area contributed by atoms with Crippen LogP contribution in [-0.2, 0) is 19.1 Å². The normalized spacial score (nSPS) is 21.3. The number of likely N-dealkylation sites (tertiary alicyclic amines) is 1. The van der Waals surface area contributed by atoms with Gasteiger partial charge in [0, 0.05) is 37.5 Å². The Kier molecular flexibility index (Phi) is 6.11. The molecule has 3 amide bonds. The summed E-state index contributed by atoms with van der Waals surface area (Å²) in [5.74, 6) is -0.659. The summed E-state index contributed by atoms with van der Waals surface area (Å²) in [6.45, 7) is 2.16. The first-order chi connectivity index (χ1) is 13.0. The molecular formula is C20H27N3O4. The summed E-state index contributed by atoms with van der Waals surface area (Å²) in [4.78, 5) is 38.7. The van der Waals surface area contributed by atoms with Gasteiger partial charge in [-0.25, -0.2) is 0 Å². The summed E-state index contributed by atoms with van der Waals surface area (Å²) in [7, 11) is 1.47. The predicted octanol–water partition coefficient (Wildman–Crippen LogP) is 2.39. The van der Waals surface area contributed by atoms with E-state index in [1.54, 1.807) is 31.2 Å². The number of rotatable bonds is 6. The van der Waals surface area contributed by atoms with Crippen LogP contribution in [0.4, 0.5) is 11.4 Å². The molecule has 1 aliphatic carbocycles. The fourth-order valence-corrected chi connectivity index (χ4v) is 3.75. The zero-order valence-corrected chi connectivity index (χ0v) is 15.9. The molecule has 0 bridgehead atoms. The molecule has 146 valence electrons. The number of ether oxygens (including phenoxy) is 1. The van der Waals surface area contributed by atoms with Gasteiger partial charge in [0.15, 0.2) is 0 Å². The summed E-state index contributed by atoms with van der Waals surface area (Å²) < 4.78 is 4.99. The minimum atomic E-state index is -0.561. The van der Waals surface area contributed by atoms with E-state index in [0.29, 0.717) is 24.0 Å². The molecule has 2 fully saturated rings. The largest absolute Gasteiger partial charge is 0.372 e. The Morgan fingerprint density at radius 2 is 1.85 bits per heavy atom. The highest BCUT2D eigenvalue weighted by molar-refractivity contribution is 5.98. The third-order valence-corrected chi connectivity index (χ3v) is 5.42. The molecule has 1 aliphatic heterocycles. The molecule has 0 aromatic heterocycles. The summed E-state index contributed by atoms with van der Waals surface area (Å²) in [6, 6.07) is 7.27. The first-order valence-corrected chi connectivity index (χ1v) is 9.52.